The van der Waals surface area contributed by atoms with Crippen molar-refractivity contribution in [1.29, 1.82) is 0 Å². The zero-order valence-corrected chi connectivity index (χ0v) is 30.2. The fourth-order valence-corrected chi connectivity index (χ4v) is 8.98. The highest BCUT2D eigenvalue weighted by atomic mass is 19.1. The van der Waals surface area contributed by atoms with Crippen LogP contribution in [0, 0.1) is 5.82 Å². The first-order valence-corrected chi connectivity index (χ1v) is 19.0. The van der Waals surface area contributed by atoms with Gasteiger partial charge in [-0.3, -0.25) is 14.8 Å². The number of hydrogen-bond acceptors (Lipinski definition) is 10. The van der Waals surface area contributed by atoms with Gasteiger partial charge in [0.05, 0.1) is 29.6 Å². The lowest BCUT2D eigenvalue weighted by Crippen LogP contribution is -2.57. The first-order valence-electron chi connectivity index (χ1n) is 19.0. The molecule has 2 bridgehead atoms. The van der Waals surface area contributed by atoms with Crippen LogP contribution in [-0.2, 0) is 20.6 Å². The second kappa shape index (κ2) is 14.1. The maximum Gasteiger partial charge on any atom is 0.410 e. The zero-order valence-electron chi connectivity index (χ0n) is 30.2. The van der Waals surface area contributed by atoms with Crippen LogP contribution in [0.4, 0.5) is 15.0 Å². The summed E-state index contributed by atoms with van der Waals surface area (Å²) in [6, 6.07) is 7.87. The average molecular weight is 703 g/mol. The summed E-state index contributed by atoms with van der Waals surface area (Å²) in [7, 11) is 0. The Labute approximate surface area is 299 Å². The monoisotopic (exact) mass is 702 g/mol. The summed E-state index contributed by atoms with van der Waals surface area (Å²) in [4.78, 5) is 34.3. The van der Waals surface area contributed by atoms with Crippen LogP contribution in [0.1, 0.15) is 84.1 Å². The van der Waals surface area contributed by atoms with E-state index in [0.29, 0.717) is 49.5 Å². The predicted octanol–water partition coefficient (Wildman–Crippen LogP) is 6.51. The van der Waals surface area contributed by atoms with Gasteiger partial charge in [0, 0.05) is 31.5 Å². The van der Waals surface area contributed by atoms with Crippen LogP contribution in [0.15, 0.2) is 30.5 Å². The van der Waals surface area contributed by atoms with Crippen molar-refractivity contribution in [2.24, 2.45) is 0 Å². The van der Waals surface area contributed by atoms with Crippen molar-refractivity contribution in [3.63, 3.8) is 0 Å². The number of nitrogens with zero attached hydrogens (tertiary/aromatic N) is 6. The number of fused-ring (bicyclic) bond motifs is 4. The molecule has 0 aliphatic carbocycles. The Balaban J connectivity index is 1.11. The Hall–Kier alpha value is -3.61. The quantitative estimate of drug-likeness (QED) is 0.245. The van der Waals surface area contributed by atoms with E-state index in [9.17, 15) is 4.79 Å². The SMILES string of the molecule is CC(C)(C)OC(=O)N1[C@@H]2CC[C@H]1CN(c1nc(OCC34CCCN3CCC4)nc3c(F)c(-c4ccccc4CCOC4CCCCO4)ncc13)C2. The van der Waals surface area contributed by atoms with Crippen molar-refractivity contribution in [2.75, 3.05) is 50.9 Å². The van der Waals surface area contributed by atoms with Crippen LogP contribution in [0.25, 0.3) is 22.2 Å². The topological polar surface area (TPSA) is 102 Å². The summed E-state index contributed by atoms with van der Waals surface area (Å²) in [6.45, 7) is 10.6. The zero-order chi connectivity index (χ0) is 35.2. The average Bonchev–Trinajstić information content (AvgIpc) is 3.78. The fraction of sp³-hybridized carbons (Fsp3) is 0.641. The highest BCUT2D eigenvalue weighted by molar-refractivity contribution is 5.92. The lowest BCUT2D eigenvalue weighted by atomic mass is 9.95. The van der Waals surface area contributed by atoms with Gasteiger partial charge in [0.1, 0.15) is 29.2 Å². The summed E-state index contributed by atoms with van der Waals surface area (Å²) in [6.07, 6.45) is 11.1. The molecule has 0 spiro atoms. The van der Waals surface area contributed by atoms with Crippen molar-refractivity contribution in [1.82, 2.24) is 24.8 Å². The van der Waals surface area contributed by atoms with Crippen LogP contribution in [-0.4, -0.2) is 106 Å². The number of hydrogen-bond donors (Lipinski definition) is 0. The molecule has 5 saturated heterocycles. The van der Waals surface area contributed by atoms with Gasteiger partial charge in [-0.2, -0.15) is 9.97 Å². The summed E-state index contributed by atoms with van der Waals surface area (Å²) in [5.41, 5.74) is 1.50. The van der Waals surface area contributed by atoms with E-state index in [1.165, 1.54) is 0 Å². The fourth-order valence-electron chi connectivity index (χ4n) is 8.98. The van der Waals surface area contributed by atoms with Crippen LogP contribution >= 0.6 is 0 Å². The molecule has 1 unspecified atom stereocenters. The molecular formula is C39H51FN6O5. The van der Waals surface area contributed by atoms with Gasteiger partial charge < -0.3 is 23.8 Å². The molecule has 5 aliphatic heterocycles. The van der Waals surface area contributed by atoms with Crippen molar-refractivity contribution < 1.29 is 28.1 Å². The second-order valence-corrected chi connectivity index (χ2v) is 16.0. The lowest BCUT2D eigenvalue weighted by Gasteiger charge is -2.42. The Bertz CT molecular complexity index is 1720. The van der Waals surface area contributed by atoms with Crippen LogP contribution in [0.2, 0.25) is 0 Å². The number of rotatable bonds is 9. The van der Waals surface area contributed by atoms with Crippen LogP contribution in [0.3, 0.4) is 0 Å². The highest BCUT2D eigenvalue weighted by Crippen LogP contribution is 2.41. The number of pyridine rings is 1. The molecule has 5 aliphatic rings. The first kappa shape index (κ1) is 34.5. The molecule has 0 saturated carbocycles. The molecule has 12 heteroatoms. The maximum atomic E-state index is 17.0. The molecule has 7 heterocycles. The highest BCUT2D eigenvalue weighted by Gasteiger charge is 2.46. The normalized spacial score (nSPS) is 24.7. The third-order valence-corrected chi connectivity index (χ3v) is 11.4. The molecule has 0 radical (unpaired) electrons. The molecule has 0 N–H and O–H groups in total. The van der Waals surface area contributed by atoms with Crippen molar-refractivity contribution in [3.8, 4) is 17.3 Å². The van der Waals surface area contributed by atoms with Gasteiger partial charge in [-0.15, -0.1) is 0 Å². The lowest BCUT2D eigenvalue weighted by molar-refractivity contribution is -0.161. The third kappa shape index (κ3) is 6.99. The summed E-state index contributed by atoms with van der Waals surface area (Å²) in [5.74, 6) is 0.0944. The molecule has 3 atom stereocenters. The summed E-state index contributed by atoms with van der Waals surface area (Å²) in [5, 5.41) is 0.533. The molecule has 5 fully saturated rings. The van der Waals surface area contributed by atoms with E-state index in [1.807, 2.05) is 49.9 Å². The minimum absolute atomic E-state index is 0.0117. The number of anilines is 1. The Kier molecular flexibility index (Phi) is 9.52. The van der Waals surface area contributed by atoms with E-state index in [2.05, 4.69) is 9.80 Å². The third-order valence-electron chi connectivity index (χ3n) is 11.4. The Morgan fingerprint density at radius 3 is 2.51 bits per heavy atom. The first-order chi connectivity index (χ1) is 24.7. The number of carbonyl (C=O) groups is 1. The second-order valence-electron chi connectivity index (χ2n) is 16.0. The number of ether oxygens (including phenoxy) is 4. The van der Waals surface area contributed by atoms with Gasteiger partial charge in [0.15, 0.2) is 12.1 Å². The number of benzene rings is 1. The molecule has 11 nitrogen and oxygen atoms in total. The van der Waals surface area contributed by atoms with Gasteiger partial charge in [0.2, 0.25) is 0 Å². The minimum Gasteiger partial charge on any atom is -0.461 e. The largest absolute Gasteiger partial charge is 0.461 e. The van der Waals surface area contributed by atoms with E-state index in [4.69, 9.17) is 33.9 Å². The number of aromatic nitrogens is 3. The van der Waals surface area contributed by atoms with E-state index < -0.39 is 11.4 Å². The van der Waals surface area contributed by atoms with E-state index in [-0.39, 0.29) is 47.2 Å². The van der Waals surface area contributed by atoms with Gasteiger partial charge in [-0.1, -0.05) is 24.3 Å². The van der Waals surface area contributed by atoms with Gasteiger partial charge in [-0.25, -0.2) is 9.18 Å². The molecule has 2 aromatic heterocycles. The minimum atomic E-state index is -0.577. The molecule has 1 amide bonds. The number of carbonyl (C=O) groups excluding carboxylic acids is 1. The van der Waals surface area contributed by atoms with Crippen molar-refractivity contribution in [2.45, 2.75) is 114 Å². The Morgan fingerprint density at radius 2 is 1.78 bits per heavy atom. The van der Waals surface area contributed by atoms with Crippen molar-refractivity contribution >= 4 is 22.8 Å². The molecule has 8 rings (SSSR count). The smallest absolute Gasteiger partial charge is 0.410 e. The summed E-state index contributed by atoms with van der Waals surface area (Å²) < 4.78 is 41.0. The van der Waals surface area contributed by atoms with Gasteiger partial charge >= 0.3 is 12.1 Å². The maximum absolute atomic E-state index is 17.0. The van der Waals surface area contributed by atoms with E-state index in [0.717, 1.165) is 83.0 Å². The van der Waals surface area contributed by atoms with Crippen LogP contribution < -0.4 is 9.64 Å². The van der Waals surface area contributed by atoms with Crippen molar-refractivity contribution in [3.05, 3.63) is 41.8 Å². The standard InChI is InChI=1S/C39H51FN6O5/c1-38(2,3)51-37(47)46-27-13-14-28(46)24-44(23-27)35-30-22-41-33(29-11-5-4-10-26(29)15-21-49-31-12-6-7-20-48-31)32(40)34(30)42-36(43-35)50-25-39-16-8-18-45(39)19-9-17-39/h4-5,10-11,22,27-28,31H,6-9,12-21,23-25H2,1-3H3/t27-,28+,31?. The number of piperazine rings is 1. The molecule has 1 aromatic carbocycles. The van der Waals surface area contributed by atoms with Gasteiger partial charge in [0.25, 0.3) is 0 Å². The number of halogens is 1. The van der Waals surface area contributed by atoms with Crippen LogP contribution in [0.5, 0.6) is 6.01 Å². The summed E-state index contributed by atoms with van der Waals surface area (Å²) >= 11 is 0. The van der Waals surface area contributed by atoms with Gasteiger partial charge in [-0.05, 0) is 104 Å². The van der Waals surface area contributed by atoms with E-state index >= 15 is 4.39 Å². The molecule has 3 aromatic rings. The molecular weight excluding hydrogens is 651 g/mol. The number of amides is 1. The molecule has 274 valence electrons. The Morgan fingerprint density at radius 1 is 1.02 bits per heavy atom. The molecule has 51 heavy (non-hydrogen) atoms. The van der Waals surface area contributed by atoms with E-state index in [1.54, 1.807) is 6.20 Å². The predicted molar refractivity (Wildman–Crippen MR) is 191 cm³/mol.